The molecule has 0 atom stereocenters. The highest BCUT2D eigenvalue weighted by molar-refractivity contribution is 6.42. The molecule has 0 aliphatic rings. The van der Waals surface area contributed by atoms with Crippen LogP contribution in [0.4, 0.5) is 0 Å². The number of nitrogens with zero attached hydrogens (tertiary/aromatic N) is 1. The first kappa shape index (κ1) is 15.4. The predicted molar refractivity (Wildman–Crippen MR) is 84.5 cm³/mol. The van der Waals surface area contributed by atoms with E-state index in [1.54, 1.807) is 0 Å². The van der Waals surface area contributed by atoms with Gasteiger partial charge in [-0.3, -0.25) is 0 Å². The number of benzene rings is 1. The molecular weight excluding hydrogens is 317 g/mol. The normalized spacial score (nSPS) is 11.5. The second-order valence-corrected chi connectivity index (χ2v) is 6.57. The van der Waals surface area contributed by atoms with Crippen LogP contribution in [0.25, 0.3) is 0 Å². The van der Waals surface area contributed by atoms with Crippen LogP contribution in [0.15, 0.2) is 30.3 Å². The van der Waals surface area contributed by atoms with Crippen molar-refractivity contribution in [3.8, 4) is 11.6 Å². The van der Waals surface area contributed by atoms with Gasteiger partial charge in [-0.25, -0.2) is 0 Å². The van der Waals surface area contributed by atoms with Gasteiger partial charge in [0.1, 0.15) is 10.8 Å². The van der Waals surface area contributed by atoms with Crippen LogP contribution in [0.1, 0.15) is 26.3 Å². The smallest absolute Gasteiger partial charge is 0.239 e. The van der Waals surface area contributed by atoms with Crippen molar-refractivity contribution in [1.82, 2.24) is 4.98 Å². The third kappa shape index (κ3) is 3.38. The van der Waals surface area contributed by atoms with Crippen molar-refractivity contribution in [3.05, 3.63) is 51.1 Å². The summed E-state index contributed by atoms with van der Waals surface area (Å²) in [6, 6.07) is 9.28. The van der Waals surface area contributed by atoms with E-state index < -0.39 is 0 Å². The highest BCUT2D eigenvalue weighted by Crippen LogP contribution is 2.37. The van der Waals surface area contributed by atoms with Crippen molar-refractivity contribution in [3.63, 3.8) is 0 Å². The van der Waals surface area contributed by atoms with Crippen molar-refractivity contribution in [1.29, 1.82) is 0 Å². The Bertz CT molecular complexity index is 636. The number of aromatic nitrogens is 1. The van der Waals surface area contributed by atoms with E-state index in [1.165, 1.54) is 6.07 Å². The summed E-state index contributed by atoms with van der Waals surface area (Å²) < 4.78 is 5.82. The third-order valence-electron chi connectivity index (χ3n) is 2.76. The Morgan fingerprint density at radius 2 is 1.65 bits per heavy atom. The summed E-state index contributed by atoms with van der Waals surface area (Å²) >= 11 is 17.8. The lowest BCUT2D eigenvalue weighted by molar-refractivity contribution is 0.440. The zero-order valence-corrected chi connectivity index (χ0v) is 13.6. The molecule has 0 amide bonds. The second-order valence-electron chi connectivity index (χ2n) is 5.40. The molecule has 0 spiro atoms. The van der Waals surface area contributed by atoms with E-state index in [2.05, 4.69) is 25.8 Å². The highest BCUT2D eigenvalue weighted by atomic mass is 35.5. The largest absolute Gasteiger partial charge is 0.437 e. The second kappa shape index (κ2) is 5.80. The van der Waals surface area contributed by atoms with Crippen LogP contribution in [0.2, 0.25) is 15.2 Å². The van der Waals surface area contributed by atoms with Crippen molar-refractivity contribution in [2.24, 2.45) is 0 Å². The number of ether oxygens (including phenoxy) is 1. The fourth-order valence-corrected chi connectivity index (χ4v) is 2.31. The van der Waals surface area contributed by atoms with Gasteiger partial charge in [-0.1, -0.05) is 73.8 Å². The van der Waals surface area contributed by atoms with Crippen molar-refractivity contribution >= 4 is 34.8 Å². The van der Waals surface area contributed by atoms with E-state index >= 15 is 0 Å². The van der Waals surface area contributed by atoms with Crippen LogP contribution >= 0.6 is 34.8 Å². The van der Waals surface area contributed by atoms with Gasteiger partial charge in [-0.2, -0.15) is 4.98 Å². The molecule has 0 saturated heterocycles. The fraction of sp³-hybridized carbons (Fsp3) is 0.267. The quantitative estimate of drug-likeness (QED) is 0.618. The summed E-state index contributed by atoms with van der Waals surface area (Å²) in [7, 11) is 0. The Morgan fingerprint density at radius 1 is 1.00 bits per heavy atom. The molecule has 0 aliphatic carbocycles. The lowest BCUT2D eigenvalue weighted by atomic mass is 9.86. The zero-order valence-electron chi connectivity index (χ0n) is 11.4. The Kier molecular flexibility index (Phi) is 4.48. The molecule has 1 aromatic heterocycles. The van der Waals surface area contributed by atoms with Crippen LogP contribution < -0.4 is 4.74 Å². The number of rotatable bonds is 2. The SMILES string of the molecule is CC(C)(C)c1ccccc1Oc1nc(Cl)c(Cl)cc1Cl. The average Bonchev–Trinajstić information content (AvgIpc) is 2.35. The lowest BCUT2D eigenvalue weighted by Gasteiger charge is -2.22. The molecule has 0 bridgehead atoms. The minimum atomic E-state index is -0.0563. The molecule has 106 valence electrons. The molecular formula is C15H14Cl3NO. The lowest BCUT2D eigenvalue weighted by Crippen LogP contribution is -2.12. The van der Waals surface area contributed by atoms with Gasteiger partial charge in [0.05, 0.1) is 5.02 Å². The average molecular weight is 331 g/mol. The van der Waals surface area contributed by atoms with Crippen LogP contribution in [0.3, 0.4) is 0 Å². The summed E-state index contributed by atoms with van der Waals surface area (Å²) in [6.07, 6.45) is 0. The molecule has 1 aromatic carbocycles. The van der Waals surface area contributed by atoms with E-state index in [0.717, 1.165) is 5.56 Å². The summed E-state index contributed by atoms with van der Waals surface area (Å²) in [5.74, 6) is 0.950. The summed E-state index contributed by atoms with van der Waals surface area (Å²) in [5.41, 5.74) is 1.00. The van der Waals surface area contributed by atoms with Crippen LogP contribution in [-0.2, 0) is 5.41 Å². The Balaban J connectivity index is 2.43. The molecule has 1 heterocycles. The van der Waals surface area contributed by atoms with Gasteiger partial charge in [0.25, 0.3) is 0 Å². The van der Waals surface area contributed by atoms with E-state index in [-0.39, 0.29) is 16.4 Å². The monoisotopic (exact) mass is 329 g/mol. The minimum Gasteiger partial charge on any atom is -0.437 e. The highest BCUT2D eigenvalue weighted by Gasteiger charge is 2.20. The zero-order chi connectivity index (χ0) is 14.9. The van der Waals surface area contributed by atoms with Crippen LogP contribution in [0, 0.1) is 0 Å². The molecule has 2 rings (SSSR count). The van der Waals surface area contributed by atoms with Crippen molar-refractivity contribution in [2.75, 3.05) is 0 Å². The van der Waals surface area contributed by atoms with Gasteiger partial charge >= 0.3 is 0 Å². The standard InChI is InChI=1S/C15H14Cl3NO/c1-15(2,3)9-6-4-5-7-12(9)20-14-11(17)8-10(16)13(18)19-14/h4-8H,1-3H3. The molecule has 20 heavy (non-hydrogen) atoms. The number of halogens is 3. The molecule has 2 aromatic rings. The minimum absolute atomic E-state index is 0.0563. The molecule has 0 unspecified atom stereocenters. The van der Waals surface area contributed by atoms with Crippen molar-refractivity contribution < 1.29 is 4.74 Å². The molecule has 0 aliphatic heterocycles. The third-order valence-corrected chi connectivity index (χ3v) is 3.70. The molecule has 0 fully saturated rings. The molecule has 2 nitrogen and oxygen atoms in total. The number of para-hydroxylation sites is 1. The molecule has 0 saturated carbocycles. The van der Waals surface area contributed by atoms with Gasteiger partial charge in [0.15, 0.2) is 5.15 Å². The fourth-order valence-electron chi connectivity index (χ4n) is 1.78. The first-order chi connectivity index (χ1) is 9.29. The predicted octanol–water partition coefficient (Wildman–Crippen LogP) is 6.13. The van der Waals surface area contributed by atoms with Crippen LogP contribution in [0.5, 0.6) is 11.6 Å². The van der Waals surface area contributed by atoms with Gasteiger partial charge in [0.2, 0.25) is 5.88 Å². The van der Waals surface area contributed by atoms with Gasteiger partial charge < -0.3 is 4.74 Å². The first-order valence-corrected chi connectivity index (χ1v) is 7.21. The Hall–Kier alpha value is -0.960. The number of hydrogen-bond donors (Lipinski definition) is 0. The molecule has 0 radical (unpaired) electrons. The number of hydrogen-bond acceptors (Lipinski definition) is 2. The maximum absolute atomic E-state index is 6.09. The maximum atomic E-state index is 6.09. The van der Waals surface area contributed by atoms with Gasteiger partial charge in [0, 0.05) is 5.56 Å². The topological polar surface area (TPSA) is 22.1 Å². The Labute approximate surface area is 133 Å². The maximum Gasteiger partial charge on any atom is 0.239 e. The number of pyridine rings is 1. The van der Waals surface area contributed by atoms with E-state index in [4.69, 9.17) is 39.5 Å². The van der Waals surface area contributed by atoms with E-state index in [1.807, 2.05) is 24.3 Å². The van der Waals surface area contributed by atoms with Gasteiger partial charge in [-0.05, 0) is 17.5 Å². The van der Waals surface area contributed by atoms with E-state index in [0.29, 0.717) is 15.8 Å². The Morgan fingerprint density at radius 3 is 2.30 bits per heavy atom. The summed E-state index contributed by atoms with van der Waals surface area (Å²) in [4.78, 5) is 4.07. The first-order valence-electron chi connectivity index (χ1n) is 6.08. The van der Waals surface area contributed by atoms with E-state index in [9.17, 15) is 0 Å². The van der Waals surface area contributed by atoms with Gasteiger partial charge in [-0.15, -0.1) is 0 Å². The molecule has 0 N–H and O–H groups in total. The molecule has 5 heteroatoms. The van der Waals surface area contributed by atoms with Crippen LogP contribution in [-0.4, -0.2) is 4.98 Å². The summed E-state index contributed by atoms with van der Waals surface area (Å²) in [5, 5.41) is 0.788. The summed E-state index contributed by atoms with van der Waals surface area (Å²) in [6.45, 7) is 6.33. The van der Waals surface area contributed by atoms with Crippen molar-refractivity contribution in [2.45, 2.75) is 26.2 Å².